The maximum Gasteiger partial charge on any atom is 0.356 e. The zero-order valence-electron chi connectivity index (χ0n) is 12.0. The molecule has 0 atom stereocenters. The zero-order chi connectivity index (χ0) is 15.8. The van der Waals surface area contributed by atoms with Crippen LogP contribution in [0.15, 0.2) is 71.3 Å². The Bertz CT molecular complexity index is 986. The number of carboxylic acids is 1. The lowest BCUT2D eigenvalue weighted by atomic mass is 10.0. The van der Waals surface area contributed by atoms with Crippen LogP contribution in [0.3, 0.4) is 0 Å². The fourth-order valence-corrected chi connectivity index (χ4v) is 2.60. The minimum atomic E-state index is -1.06. The van der Waals surface area contributed by atoms with Gasteiger partial charge < -0.3 is 9.52 Å². The molecular formula is C18H12N2O3. The average molecular weight is 304 g/mol. The number of hydrogen-bond acceptors (Lipinski definition) is 3. The molecule has 0 spiro atoms. The standard InChI is InChI=1S/C18H12N2O3/c21-18(22)15-11-14-9-13(12-5-2-1-3-6-12)10-16(20(14)19-15)17-7-4-8-23-17/h1-11H,(H,21,22). The molecule has 3 aromatic heterocycles. The average Bonchev–Trinajstić information content (AvgIpc) is 3.24. The van der Waals surface area contributed by atoms with Gasteiger partial charge in [0, 0.05) is 0 Å². The Hall–Kier alpha value is -3.34. The normalized spacial score (nSPS) is 11.0. The number of carbonyl (C=O) groups is 1. The molecule has 3 heterocycles. The first-order chi connectivity index (χ1) is 11.2. The number of pyridine rings is 1. The summed E-state index contributed by atoms with van der Waals surface area (Å²) < 4.78 is 7.07. The number of aromatic nitrogens is 2. The van der Waals surface area contributed by atoms with Crippen molar-refractivity contribution < 1.29 is 14.3 Å². The largest absolute Gasteiger partial charge is 0.476 e. The van der Waals surface area contributed by atoms with Crippen molar-refractivity contribution in [3.8, 4) is 22.6 Å². The van der Waals surface area contributed by atoms with Gasteiger partial charge in [-0.05, 0) is 41.5 Å². The van der Waals surface area contributed by atoms with Gasteiger partial charge in [-0.15, -0.1) is 0 Å². The lowest BCUT2D eigenvalue weighted by Crippen LogP contribution is -1.99. The first-order valence-electron chi connectivity index (χ1n) is 7.09. The van der Waals surface area contributed by atoms with Crippen LogP contribution >= 0.6 is 0 Å². The van der Waals surface area contributed by atoms with Gasteiger partial charge in [-0.3, -0.25) is 0 Å². The summed E-state index contributed by atoms with van der Waals surface area (Å²) in [5.74, 6) is -0.423. The van der Waals surface area contributed by atoms with Crippen LogP contribution in [0.1, 0.15) is 10.5 Å². The Kier molecular flexibility index (Phi) is 2.98. The van der Waals surface area contributed by atoms with Crippen LogP contribution in [-0.2, 0) is 0 Å². The summed E-state index contributed by atoms with van der Waals surface area (Å²) in [6.07, 6.45) is 1.58. The molecule has 5 nitrogen and oxygen atoms in total. The Morgan fingerprint density at radius 2 is 1.83 bits per heavy atom. The number of furan rings is 1. The van der Waals surface area contributed by atoms with Crippen LogP contribution in [0.2, 0.25) is 0 Å². The summed E-state index contributed by atoms with van der Waals surface area (Å²) >= 11 is 0. The molecule has 1 aromatic carbocycles. The lowest BCUT2D eigenvalue weighted by molar-refractivity contribution is 0.0690. The first-order valence-corrected chi connectivity index (χ1v) is 7.09. The van der Waals surface area contributed by atoms with E-state index in [1.165, 1.54) is 0 Å². The topological polar surface area (TPSA) is 67.7 Å². The van der Waals surface area contributed by atoms with Gasteiger partial charge in [0.25, 0.3) is 0 Å². The smallest absolute Gasteiger partial charge is 0.356 e. The third kappa shape index (κ3) is 2.28. The minimum Gasteiger partial charge on any atom is -0.476 e. The molecule has 0 fully saturated rings. The molecular weight excluding hydrogens is 292 g/mol. The van der Waals surface area contributed by atoms with Crippen LogP contribution in [0.25, 0.3) is 28.1 Å². The van der Waals surface area contributed by atoms with E-state index >= 15 is 0 Å². The Balaban J connectivity index is 2.02. The molecule has 0 aliphatic carbocycles. The van der Waals surface area contributed by atoms with E-state index in [0.717, 1.165) is 11.1 Å². The van der Waals surface area contributed by atoms with Crippen LogP contribution in [0.5, 0.6) is 0 Å². The number of aromatic carboxylic acids is 1. The van der Waals surface area contributed by atoms with E-state index in [9.17, 15) is 9.90 Å². The fourth-order valence-electron chi connectivity index (χ4n) is 2.60. The van der Waals surface area contributed by atoms with E-state index in [-0.39, 0.29) is 5.69 Å². The van der Waals surface area contributed by atoms with Crippen molar-refractivity contribution in [3.63, 3.8) is 0 Å². The van der Waals surface area contributed by atoms with Crippen LogP contribution in [0.4, 0.5) is 0 Å². The van der Waals surface area contributed by atoms with Crippen molar-refractivity contribution >= 4 is 11.5 Å². The molecule has 4 rings (SSSR count). The number of nitrogens with zero attached hydrogens (tertiary/aromatic N) is 2. The molecule has 0 saturated carbocycles. The first kappa shape index (κ1) is 13.3. The summed E-state index contributed by atoms with van der Waals surface area (Å²) in [6.45, 7) is 0. The van der Waals surface area contributed by atoms with Gasteiger partial charge in [0.1, 0.15) is 5.69 Å². The molecule has 5 heteroatoms. The van der Waals surface area contributed by atoms with Crippen molar-refractivity contribution in [1.82, 2.24) is 9.61 Å². The molecule has 0 unspecified atom stereocenters. The minimum absolute atomic E-state index is 0.00279. The van der Waals surface area contributed by atoms with Gasteiger partial charge in [0.2, 0.25) is 0 Å². The molecule has 0 amide bonds. The van der Waals surface area contributed by atoms with Crippen molar-refractivity contribution in [1.29, 1.82) is 0 Å². The third-order valence-corrected chi connectivity index (χ3v) is 3.66. The van der Waals surface area contributed by atoms with E-state index in [0.29, 0.717) is 17.0 Å². The Morgan fingerprint density at radius 1 is 1.00 bits per heavy atom. The highest BCUT2D eigenvalue weighted by atomic mass is 16.4. The molecule has 0 aliphatic rings. The highest BCUT2D eigenvalue weighted by molar-refractivity contribution is 5.88. The molecule has 0 saturated heterocycles. The Labute approximate surface area is 131 Å². The highest BCUT2D eigenvalue weighted by Gasteiger charge is 2.15. The lowest BCUT2D eigenvalue weighted by Gasteiger charge is -2.07. The van der Waals surface area contributed by atoms with E-state index in [1.807, 2.05) is 48.5 Å². The monoisotopic (exact) mass is 304 g/mol. The van der Waals surface area contributed by atoms with Gasteiger partial charge in [-0.2, -0.15) is 5.10 Å². The molecule has 4 aromatic rings. The molecule has 0 radical (unpaired) electrons. The Morgan fingerprint density at radius 3 is 2.52 bits per heavy atom. The van der Waals surface area contributed by atoms with Gasteiger partial charge in [-0.25, -0.2) is 9.31 Å². The van der Waals surface area contributed by atoms with Crippen molar-refractivity contribution in [3.05, 3.63) is 72.6 Å². The quantitative estimate of drug-likeness (QED) is 0.622. The van der Waals surface area contributed by atoms with Crippen molar-refractivity contribution in [2.45, 2.75) is 0 Å². The van der Waals surface area contributed by atoms with Gasteiger partial charge in [-0.1, -0.05) is 30.3 Å². The van der Waals surface area contributed by atoms with E-state index < -0.39 is 5.97 Å². The van der Waals surface area contributed by atoms with Gasteiger partial charge >= 0.3 is 5.97 Å². The molecule has 112 valence electrons. The van der Waals surface area contributed by atoms with Crippen molar-refractivity contribution in [2.75, 3.05) is 0 Å². The van der Waals surface area contributed by atoms with Crippen LogP contribution in [0, 0.1) is 0 Å². The number of benzene rings is 1. The van der Waals surface area contributed by atoms with E-state index in [1.54, 1.807) is 22.9 Å². The molecule has 0 aliphatic heterocycles. The zero-order valence-corrected chi connectivity index (χ0v) is 12.0. The van der Waals surface area contributed by atoms with Gasteiger partial charge in [0.15, 0.2) is 11.5 Å². The summed E-state index contributed by atoms with van der Waals surface area (Å²) in [6, 6.07) is 18.9. The van der Waals surface area contributed by atoms with Crippen molar-refractivity contribution in [2.24, 2.45) is 0 Å². The maximum atomic E-state index is 11.2. The SMILES string of the molecule is O=C(O)c1cc2cc(-c3ccccc3)cc(-c3ccco3)n2n1. The predicted octanol–water partition coefficient (Wildman–Crippen LogP) is 3.96. The number of rotatable bonds is 3. The molecule has 23 heavy (non-hydrogen) atoms. The predicted molar refractivity (Wildman–Crippen MR) is 85.3 cm³/mol. The highest BCUT2D eigenvalue weighted by Crippen LogP contribution is 2.29. The molecule has 0 bridgehead atoms. The number of fused-ring (bicyclic) bond motifs is 1. The number of carboxylic acid groups (broad SMARTS) is 1. The van der Waals surface area contributed by atoms with E-state index in [2.05, 4.69) is 5.10 Å². The third-order valence-electron chi connectivity index (χ3n) is 3.66. The maximum absolute atomic E-state index is 11.2. The summed E-state index contributed by atoms with van der Waals surface area (Å²) in [5, 5.41) is 13.4. The summed E-state index contributed by atoms with van der Waals surface area (Å²) in [5.41, 5.74) is 3.43. The fraction of sp³-hybridized carbons (Fsp3) is 0. The number of hydrogen-bond donors (Lipinski definition) is 1. The van der Waals surface area contributed by atoms with E-state index in [4.69, 9.17) is 4.42 Å². The van der Waals surface area contributed by atoms with Crippen LogP contribution < -0.4 is 0 Å². The summed E-state index contributed by atoms with van der Waals surface area (Å²) in [7, 11) is 0. The second-order valence-electron chi connectivity index (χ2n) is 5.14. The second kappa shape index (κ2) is 5.14. The van der Waals surface area contributed by atoms with Crippen LogP contribution in [-0.4, -0.2) is 20.7 Å². The molecule has 1 N–H and O–H groups in total. The summed E-state index contributed by atoms with van der Waals surface area (Å²) in [4.78, 5) is 11.2. The van der Waals surface area contributed by atoms with Gasteiger partial charge in [0.05, 0.1) is 11.8 Å². The second-order valence-corrected chi connectivity index (χ2v) is 5.14.